The SMILES string of the molecule is CCCC[C@H](NC(=O)C1(C(=O)OC)CC1)C(=O)O. The molecule has 2 N–H and O–H groups in total. The van der Waals surface area contributed by atoms with Crippen LogP contribution in [0, 0.1) is 5.41 Å². The Morgan fingerprint density at radius 3 is 2.39 bits per heavy atom. The molecule has 0 unspecified atom stereocenters. The normalized spacial score (nSPS) is 17.7. The summed E-state index contributed by atoms with van der Waals surface area (Å²) in [4.78, 5) is 34.4. The zero-order valence-electron chi connectivity index (χ0n) is 10.7. The molecule has 6 heteroatoms. The maximum atomic E-state index is 11.9. The van der Waals surface area contributed by atoms with Crippen molar-refractivity contribution >= 4 is 17.8 Å². The lowest BCUT2D eigenvalue weighted by atomic mass is 10.0. The van der Waals surface area contributed by atoms with Crippen LogP contribution in [0.5, 0.6) is 0 Å². The van der Waals surface area contributed by atoms with E-state index >= 15 is 0 Å². The predicted molar refractivity (Wildman–Crippen MR) is 62.8 cm³/mol. The summed E-state index contributed by atoms with van der Waals surface area (Å²) in [5.41, 5.74) is -1.14. The molecule has 1 fully saturated rings. The predicted octanol–water partition coefficient (Wildman–Crippen LogP) is 0.699. The third kappa shape index (κ3) is 3.00. The first kappa shape index (κ1) is 14.5. The zero-order valence-corrected chi connectivity index (χ0v) is 10.7. The van der Waals surface area contributed by atoms with Crippen molar-refractivity contribution in [1.29, 1.82) is 0 Å². The molecule has 6 nitrogen and oxygen atoms in total. The molecular formula is C12H19NO5. The van der Waals surface area contributed by atoms with E-state index in [1.807, 2.05) is 6.92 Å². The first-order chi connectivity index (χ1) is 8.47. The van der Waals surface area contributed by atoms with Gasteiger partial charge in [-0.15, -0.1) is 0 Å². The molecule has 0 saturated heterocycles. The smallest absolute Gasteiger partial charge is 0.326 e. The zero-order chi connectivity index (χ0) is 13.8. The second kappa shape index (κ2) is 5.84. The molecule has 0 aromatic rings. The molecule has 1 atom stereocenters. The number of carbonyl (C=O) groups is 3. The van der Waals surface area contributed by atoms with Gasteiger partial charge in [0, 0.05) is 0 Å². The Bertz CT molecular complexity index is 348. The number of amides is 1. The number of carboxylic acid groups (broad SMARTS) is 1. The molecule has 0 spiro atoms. The largest absolute Gasteiger partial charge is 0.480 e. The van der Waals surface area contributed by atoms with Crippen LogP contribution in [0.2, 0.25) is 0 Å². The Hall–Kier alpha value is -1.59. The van der Waals surface area contributed by atoms with Crippen LogP contribution in [0.3, 0.4) is 0 Å². The summed E-state index contributed by atoms with van der Waals surface area (Å²) in [6.07, 6.45) is 2.77. The lowest BCUT2D eigenvalue weighted by Crippen LogP contribution is -2.46. The molecule has 1 aliphatic carbocycles. The highest BCUT2D eigenvalue weighted by Crippen LogP contribution is 2.47. The van der Waals surface area contributed by atoms with E-state index in [0.717, 1.165) is 6.42 Å². The van der Waals surface area contributed by atoms with E-state index in [2.05, 4.69) is 10.1 Å². The van der Waals surface area contributed by atoms with Crippen LogP contribution in [-0.2, 0) is 19.1 Å². The van der Waals surface area contributed by atoms with Crippen molar-refractivity contribution in [3.8, 4) is 0 Å². The summed E-state index contributed by atoms with van der Waals surface area (Å²) in [5.74, 6) is -2.19. The van der Waals surface area contributed by atoms with Crippen LogP contribution >= 0.6 is 0 Å². The summed E-state index contributed by atoms with van der Waals surface area (Å²) < 4.78 is 4.57. The maximum Gasteiger partial charge on any atom is 0.326 e. The minimum absolute atomic E-state index is 0.370. The van der Waals surface area contributed by atoms with E-state index in [-0.39, 0.29) is 0 Å². The quantitative estimate of drug-likeness (QED) is 0.517. The lowest BCUT2D eigenvalue weighted by molar-refractivity contribution is -0.154. The van der Waals surface area contributed by atoms with E-state index in [1.54, 1.807) is 0 Å². The highest BCUT2D eigenvalue weighted by atomic mass is 16.5. The summed E-state index contributed by atoms with van der Waals surface area (Å²) in [6, 6.07) is -0.931. The van der Waals surface area contributed by atoms with Crippen LogP contribution in [-0.4, -0.2) is 36.1 Å². The van der Waals surface area contributed by atoms with Gasteiger partial charge in [-0.1, -0.05) is 19.8 Å². The lowest BCUT2D eigenvalue weighted by Gasteiger charge is -2.18. The van der Waals surface area contributed by atoms with Gasteiger partial charge in [-0.2, -0.15) is 0 Å². The van der Waals surface area contributed by atoms with Gasteiger partial charge in [-0.3, -0.25) is 9.59 Å². The highest BCUT2D eigenvalue weighted by Gasteiger charge is 2.58. The van der Waals surface area contributed by atoms with E-state index in [1.165, 1.54) is 7.11 Å². The minimum atomic E-state index is -1.14. The number of hydrogen-bond donors (Lipinski definition) is 2. The summed E-state index contributed by atoms with van der Waals surface area (Å²) in [5, 5.41) is 11.4. The van der Waals surface area contributed by atoms with Gasteiger partial charge in [0.1, 0.15) is 11.5 Å². The van der Waals surface area contributed by atoms with Crippen molar-refractivity contribution in [1.82, 2.24) is 5.32 Å². The number of hydrogen-bond acceptors (Lipinski definition) is 4. The van der Waals surface area contributed by atoms with E-state index in [0.29, 0.717) is 25.7 Å². The summed E-state index contributed by atoms with van der Waals surface area (Å²) in [6.45, 7) is 1.94. The molecule has 0 radical (unpaired) electrons. The van der Waals surface area contributed by atoms with Crippen LogP contribution in [0.15, 0.2) is 0 Å². The van der Waals surface area contributed by atoms with Crippen molar-refractivity contribution in [3.63, 3.8) is 0 Å². The number of rotatable bonds is 7. The Morgan fingerprint density at radius 1 is 1.39 bits per heavy atom. The van der Waals surface area contributed by atoms with Crippen molar-refractivity contribution < 1.29 is 24.2 Å². The van der Waals surface area contributed by atoms with Crippen LogP contribution in [0.25, 0.3) is 0 Å². The van der Waals surface area contributed by atoms with Crippen molar-refractivity contribution in [2.45, 2.75) is 45.1 Å². The standard InChI is InChI=1S/C12H19NO5/c1-3-4-5-8(9(14)15)13-10(16)12(6-7-12)11(17)18-2/h8H,3-7H2,1-2H3,(H,13,16)(H,14,15)/t8-/m0/s1. The van der Waals surface area contributed by atoms with Crippen LogP contribution < -0.4 is 5.32 Å². The van der Waals surface area contributed by atoms with Crippen molar-refractivity contribution in [2.75, 3.05) is 7.11 Å². The highest BCUT2D eigenvalue weighted by molar-refractivity contribution is 6.06. The molecule has 0 bridgehead atoms. The average molecular weight is 257 g/mol. The van der Waals surface area contributed by atoms with Crippen LogP contribution in [0.4, 0.5) is 0 Å². The molecule has 102 valence electrons. The topological polar surface area (TPSA) is 92.7 Å². The van der Waals surface area contributed by atoms with E-state index < -0.39 is 29.3 Å². The Kier molecular flexibility index (Phi) is 4.69. The number of unbranched alkanes of at least 4 members (excludes halogenated alkanes) is 1. The monoisotopic (exact) mass is 257 g/mol. The molecule has 1 saturated carbocycles. The van der Waals surface area contributed by atoms with Crippen molar-refractivity contribution in [3.05, 3.63) is 0 Å². The molecule has 0 aromatic carbocycles. The Morgan fingerprint density at radius 2 is 2.00 bits per heavy atom. The van der Waals surface area contributed by atoms with Crippen molar-refractivity contribution in [2.24, 2.45) is 5.41 Å². The number of aliphatic carboxylic acids is 1. The number of carboxylic acids is 1. The van der Waals surface area contributed by atoms with Gasteiger partial charge in [0.15, 0.2) is 0 Å². The third-order valence-corrected chi connectivity index (χ3v) is 3.21. The number of methoxy groups -OCH3 is 1. The van der Waals surface area contributed by atoms with Gasteiger partial charge < -0.3 is 15.2 Å². The Labute approximate surface area is 106 Å². The molecule has 0 heterocycles. The van der Waals surface area contributed by atoms with Gasteiger partial charge in [0.25, 0.3) is 0 Å². The number of nitrogens with one attached hydrogen (secondary N) is 1. The second-order valence-electron chi connectivity index (χ2n) is 4.58. The number of esters is 1. The van der Waals surface area contributed by atoms with Gasteiger partial charge in [0.05, 0.1) is 7.11 Å². The molecule has 0 aromatic heterocycles. The van der Waals surface area contributed by atoms with Gasteiger partial charge in [0.2, 0.25) is 5.91 Å². The molecular weight excluding hydrogens is 238 g/mol. The van der Waals surface area contributed by atoms with Gasteiger partial charge in [-0.25, -0.2) is 4.79 Å². The number of ether oxygens (including phenoxy) is 1. The Balaban J connectivity index is 2.62. The molecule has 18 heavy (non-hydrogen) atoms. The average Bonchev–Trinajstić information content (AvgIpc) is 3.14. The van der Waals surface area contributed by atoms with E-state index in [4.69, 9.17) is 5.11 Å². The van der Waals surface area contributed by atoms with E-state index in [9.17, 15) is 14.4 Å². The molecule has 0 aliphatic heterocycles. The minimum Gasteiger partial charge on any atom is -0.480 e. The van der Waals surface area contributed by atoms with Gasteiger partial charge >= 0.3 is 11.9 Å². The molecule has 1 rings (SSSR count). The second-order valence-corrected chi connectivity index (χ2v) is 4.58. The van der Waals surface area contributed by atoms with Gasteiger partial charge in [-0.05, 0) is 19.3 Å². The third-order valence-electron chi connectivity index (χ3n) is 3.21. The van der Waals surface area contributed by atoms with Crippen LogP contribution in [0.1, 0.15) is 39.0 Å². The fourth-order valence-corrected chi connectivity index (χ4v) is 1.81. The first-order valence-electron chi connectivity index (χ1n) is 6.10. The first-order valence-corrected chi connectivity index (χ1v) is 6.10. The fourth-order valence-electron chi connectivity index (χ4n) is 1.81. The maximum absolute atomic E-state index is 11.9. The fraction of sp³-hybridized carbons (Fsp3) is 0.750. The summed E-state index contributed by atoms with van der Waals surface area (Å²) >= 11 is 0. The molecule has 1 aliphatic rings. The number of carbonyl (C=O) groups excluding carboxylic acids is 2. The summed E-state index contributed by atoms with van der Waals surface area (Å²) in [7, 11) is 1.22. The molecule has 1 amide bonds.